The second-order valence-corrected chi connectivity index (χ2v) is 0.852. The van der Waals surface area contributed by atoms with E-state index < -0.39 is 6.09 Å². The fourth-order valence-electron chi connectivity index (χ4n) is 0.156. The second-order valence-electron chi connectivity index (χ2n) is 0.852. The average molecular weight is 291 g/mol. The summed E-state index contributed by atoms with van der Waals surface area (Å²) in [5.41, 5.74) is 0. The molecule has 1 amide bonds. The van der Waals surface area contributed by atoms with Gasteiger partial charge in [-0.2, -0.15) is 0 Å². The summed E-state index contributed by atoms with van der Waals surface area (Å²) in [5.74, 6) is 0. The molecule has 0 atom stereocenters. The van der Waals surface area contributed by atoms with Gasteiger partial charge in [0.15, 0.2) is 0 Å². The van der Waals surface area contributed by atoms with E-state index in [0.717, 1.165) is 0 Å². The zero-order valence-electron chi connectivity index (χ0n) is 4.53. The van der Waals surface area contributed by atoms with Crippen LogP contribution in [0.5, 0.6) is 0 Å². The minimum atomic E-state index is -0.560. The van der Waals surface area contributed by atoms with Gasteiger partial charge in [-0.3, -0.25) is 11.3 Å². The van der Waals surface area contributed by atoms with Crippen LogP contribution in [0.25, 0.3) is 5.32 Å². The van der Waals surface area contributed by atoms with Gasteiger partial charge < -0.3 is 17.0 Å². The van der Waals surface area contributed by atoms with E-state index in [1.54, 1.807) is 0 Å². The summed E-state index contributed by atoms with van der Waals surface area (Å²) in [5, 5.41) is 3.27. The van der Waals surface area contributed by atoms with Crippen LogP contribution in [0.2, 0.25) is 0 Å². The predicted molar refractivity (Wildman–Crippen MR) is 26.0 cm³/mol. The summed E-state index contributed by atoms with van der Waals surface area (Å²) in [4.78, 5) is 9.98. The van der Waals surface area contributed by atoms with Gasteiger partial charge in [0.25, 0.3) is 0 Å². The fraction of sp³-hybridized carbons (Fsp3) is 0.500. The van der Waals surface area contributed by atoms with Gasteiger partial charge in [-0.15, -0.1) is 0 Å². The van der Waals surface area contributed by atoms with Gasteiger partial charge in [0.05, 0.1) is 7.11 Å². The maximum Gasteiger partial charge on any atom is 2.00 e. The molecule has 0 saturated carbocycles. The summed E-state index contributed by atoms with van der Waals surface area (Å²) in [6.07, 6.45) is -0.560. The third-order valence-electron chi connectivity index (χ3n) is 0.416. The first-order valence-corrected chi connectivity index (χ1v) is 1.86. The third-order valence-corrected chi connectivity index (χ3v) is 0.416. The van der Waals surface area contributed by atoms with Crippen LogP contribution < -0.4 is 0 Å². The minimum absolute atomic E-state index is 0. The quantitative estimate of drug-likeness (QED) is 0.675. The topological polar surface area (TPSA) is 40.4 Å². The molecule has 3 nitrogen and oxygen atoms in total. The van der Waals surface area contributed by atoms with E-state index in [9.17, 15) is 4.79 Å². The molecule has 0 bridgehead atoms. The van der Waals surface area contributed by atoms with E-state index >= 15 is 0 Å². The maximum atomic E-state index is 9.98. The number of hydrogen-bond donors (Lipinski definition) is 0. The van der Waals surface area contributed by atoms with E-state index in [0.29, 0.717) is 0 Å². The monoisotopic (exact) mass is 293 g/mol. The van der Waals surface area contributed by atoms with Crippen molar-refractivity contribution in [1.29, 1.82) is 0 Å². The van der Waals surface area contributed by atoms with Crippen molar-refractivity contribution < 1.29 is 29.3 Å². The molecule has 0 aliphatic heterocycles. The Morgan fingerprint density at radius 2 is 2.38 bits per heavy atom. The summed E-state index contributed by atoms with van der Waals surface area (Å²) in [7, 11) is 1.28. The van der Waals surface area contributed by atoms with Crippen LogP contribution in [0.3, 0.4) is 0 Å². The Morgan fingerprint density at radius 1 is 1.88 bits per heavy atom. The molecule has 0 unspecified atom stereocenters. The zero-order chi connectivity index (χ0) is 5.70. The molecular weight excluding hydrogens is 284 g/mol. The van der Waals surface area contributed by atoms with Gasteiger partial charge in [0.2, 0.25) is 6.09 Å². The van der Waals surface area contributed by atoms with Crippen molar-refractivity contribution in [2.75, 3.05) is 13.7 Å². The molecule has 8 heavy (non-hydrogen) atoms. The first kappa shape index (κ1) is 10.8. The third kappa shape index (κ3) is 5.91. The van der Waals surface area contributed by atoms with Gasteiger partial charge in [0, 0.05) is 0 Å². The summed E-state index contributed by atoms with van der Waals surface area (Å²) < 4.78 is 4.14. The van der Waals surface area contributed by atoms with E-state index in [-0.39, 0.29) is 26.3 Å². The Hall–Kier alpha value is -0.0936. The van der Waals surface area contributed by atoms with Gasteiger partial charge in [-0.1, -0.05) is 0 Å². The molecule has 0 spiro atoms. The van der Waals surface area contributed by atoms with Crippen molar-refractivity contribution in [3.05, 3.63) is 12.2 Å². The SMILES string of the molecule is [CH2-]C[N-]C(=O)OC.[Os+2]. The molecule has 0 rings (SSSR count). The number of carbonyl (C=O) groups excluding carboxylic acids is 1. The summed E-state index contributed by atoms with van der Waals surface area (Å²) in [6, 6.07) is 0. The van der Waals surface area contributed by atoms with Crippen LogP contribution >= 0.6 is 0 Å². The van der Waals surface area contributed by atoms with E-state index in [4.69, 9.17) is 0 Å². The Bertz CT molecular complexity index is 67.1. The Kier molecular flexibility index (Phi) is 9.33. The second kappa shape index (κ2) is 6.91. The van der Waals surface area contributed by atoms with Crippen molar-refractivity contribution in [3.63, 3.8) is 0 Å². The maximum absolute atomic E-state index is 9.98. The molecule has 0 radical (unpaired) electrons. The molecular formula is C4H7NO2Os. The van der Waals surface area contributed by atoms with E-state index in [1.165, 1.54) is 7.11 Å². The molecule has 0 fully saturated rings. The molecule has 4 heteroatoms. The Balaban J connectivity index is 0. The molecule has 0 aromatic heterocycles. The summed E-state index contributed by atoms with van der Waals surface area (Å²) in [6.45, 7) is 3.55. The van der Waals surface area contributed by atoms with Gasteiger partial charge >= 0.3 is 19.8 Å². The number of hydrogen-bond acceptors (Lipinski definition) is 2. The van der Waals surface area contributed by atoms with Crippen LogP contribution in [0.15, 0.2) is 0 Å². The van der Waals surface area contributed by atoms with Crippen molar-refractivity contribution >= 4 is 6.09 Å². The van der Waals surface area contributed by atoms with Crippen LogP contribution in [0, 0.1) is 6.92 Å². The van der Waals surface area contributed by atoms with Crippen LogP contribution in [0.4, 0.5) is 4.79 Å². The molecule has 0 heterocycles. The molecule has 0 aromatic carbocycles. The molecule has 0 saturated heterocycles. The Morgan fingerprint density at radius 3 is 2.50 bits per heavy atom. The number of ether oxygens (including phenoxy) is 1. The number of rotatable bonds is 1. The molecule has 48 valence electrons. The predicted octanol–water partition coefficient (Wildman–Crippen LogP) is 0.958. The normalized spacial score (nSPS) is 6.75. The minimum Gasteiger partial charge on any atom is -0.643 e. The molecule has 0 aromatic rings. The smallest absolute Gasteiger partial charge is 0.643 e. The molecule has 0 aliphatic carbocycles. The average Bonchev–Trinajstić information content (AvgIpc) is 1.68. The van der Waals surface area contributed by atoms with E-state index in [1.807, 2.05) is 0 Å². The van der Waals surface area contributed by atoms with Crippen molar-refractivity contribution in [3.8, 4) is 0 Å². The first-order valence-electron chi connectivity index (χ1n) is 1.86. The number of amides is 1. The van der Waals surface area contributed by atoms with E-state index in [2.05, 4.69) is 17.0 Å². The van der Waals surface area contributed by atoms with Gasteiger partial charge in [-0.25, -0.2) is 0 Å². The Labute approximate surface area is 61.8 Å². The van der Waals surface area contributed by atoms with Gasteiger partial charge in [0.1, 0.15) is 0 Å². The first-order chi connectivity index (χ1) is 3.31. The number of nitrogens with zero attached hydrogens (tertiary/aromatic N) is 1. The largest absolute Gasteiger partial charge is 2.00 e. The van der Waals surface area contributed by atoms with Crippen molar-refractivity contribution in [2.24, 2.45) is 0 Å². The van der Waals surface area contributed by atoms with Crippen molar-refractivity contribution in [1.82, 2.24) is 0 Å². The number of carbonyl (C=O) groups is 1. The van der Waals surface area contributed by atoms with Crippen molar-refractivity contribution in [2.45, 2.75) is 0 Å². The van der Waals surface area contributed by atoms with Gasteiger partial charge in [-0.05, 0) is 0 Å². The summed E-state index contributed by atoms with van der Waals surface area (Å²) >= 11 is 0. The fourth-order valence-corrected chi connectivity index (χ4v) is 0.156. The van der Waals surface area contributed by atoms with Crippen LogP contribution in [0.1, 0.15) is 0 Å². The standard InChI is InChI=1S/C4H8NO2.Os/c1-3-5-4(6)7-2;/h1,3H2,2H3,(H,5,6);/q-1;+2/p-1. The molecule has 0 aliphatic rings. The molecule has 0 N–H and O–H groups in total. The van der Waals surface area contributed by atoms with Crippen LogP contribution in [-0.4, -0.2) is 19.7 Å². The van der Waals surface area contributed by atoms with Crippen LogP contribution in [-0.2, 0) is 24.5 Å². The zero-order valence-corrected chi connectivity index (χ0v) is 7.07. The number of methoxy groups -OCH3 is 1.